The van der Waals surface area contributed by atoms with Crippen molar-refractivity contribution in [1.29, 1.82) is 0 Å². The fraction of sp³-hybridized carbons (Fsp3) is 0.600. The third-order valence-electron chi connectivity index (χ3n) is 5.25. The lowest BCUT2D eigenvalue weighted by Gasteiger charge is -2.30. The molecule has 1 aliphatic carbocycles. The van der Waals surface area contributed by atoms with Crippen LogP contribution in [0.15, 0.2) is 23.1 Å². The lowest BCUT2D eigenvalue weighted by molar-refractivity contribution is -0.130. The van der Waals surface area contributed by atoms with Gasteiger partial charge in [-0.15, -0.1) is 0 Å². The van der Waals surface area contributed by atoms with Crippen LogP contribution >= 0.6 is 0 Å². The van der Waals surface area contributed by atoms with Gasteiger partial charge in [0.25, 0.3) is 5.91 Å². The molecule has 29 heavy (non-hydrogen) atoms. The minimum Gasteiger partial charge on any atom is -0.495 e. The minimum atomic E-state index is -3.82. The number of esters is 1. The summed E-state index contributed by atoms with van der Waals surface area (Å²) in [5.74, 6) is -0.628. The molecular weight excluding hydrogens is 396 g/mol. The number of amides is 1. The molecule has 2 rings (SSSR count). The van der Waals surface area contributed by atoms with Crippen LogP contribution in [0.4, 0.5) is 0 Å². The Hall–Kier alpha value is -2.13. The molecule has 3 atom stereocenters. The van der Waals surface area contributed by atoms with Crippen molar-refractivity contribution in [3.63, 3.8) is 0 Å². The largest absolute Gasteiger partial charge is 0.495 e. The van der Waals surface area contributed by atoms with E-state index in [9.17, 15) is 18.0 Å². The number of carbonyl (C=O) groups is 2. The molecular formula is C20H30N2O6S. The first-order valence-corrected chi connectivity index (χ1v) is 11.1. The van der Waals surface area contributed by atoms with Crippen molar-refractivity contribution < 1.29 is 27.5 Å². The van der Waals surface area contributed by atoms with E-state index in [2.05, 4.69) is 12.2 Å². The minimum absolute atomic E-state index is 0.0249. The zero-order valence-corrected chi connectivity index (χ0v) is 18.4. The summed E-state index contributed by atoms with van der Waals surface area (Å²) >= 11 is 0. The van der Waals surface area contributed by atoms with Crippen molar-refractivity contribution >= 4 is 21.9 Å². The highest BCUT2D eigenvalue weighted by atomic mass is 32.2. The second-order valence-corrected chi connectivity index (χ2v) is 9.70. The molecule has 1 aromatic carbocycles. The van der Waals surface area contributed by atoms with Gasteiger partial charge in [0.05, 0.1) is 12.7 Å². The Morgan fingerprint density at radius 3 is 2.45 bits per heavy atom. The Balaban J connectivity index is 2.12. The summed E-state index contributed by atoms with van der Waals surface area (Å²) < 4.78 is 36.4. The number of methoxy groups -OCH3 is 1. The summed E-state index contributed by atoms with van der Waals surface area (Å²) in [4.78, 5) is 24.8. The first-order valence-electron chi connectivity index (χ1n) is 9.69. The van der Waals surface area contributed by atoms with Crippen LogP contribution in [0.3, 0.4) is 0 Å². The van der Waals surface area contributed by atoms with Crippen molar-refractivity contribution in [2.45, 2.75) is 56.6 Å². The maximum Gasteiger partial charge on any atom is 0.338 e. The predicted molar refractivity (Wildman–Crippen MR) is 108 cm³/mol. The molecule has 0 bridgehead atoms. The summed E-state index contributed by atoms with van der Waals surface area (Å²) in [5, 5.41) is 2.96. The highest BCUT2D eigenvalue weighted by Gasteiger charge is 2.28. The van der Waals surface area contributed by atoms with E-state index in [0.717, 1.165) is 30.0 Å². The van der Waals surface area contributed by atoms with Crippen LogP contribution in [0.25, 0.3) is 0 Å². The van der Waals surface area contributed by atoms with E-state index < -0.39 is 22.1 Å². The van der Waals surface area contributed by atoms with Crippen LogP contribution in [-0.2, 0) is 19.6 Å². The number of benzene rings is 1. The van der Waals surface area contributed by atoms with Crippen LogP contribution in [0.5, 0.6) is 5.75 Å². The molecule has 1 aliphatic rings. The zero-order chi connectivity index (χ0) is 21.8. The summed E-state index contributed by atoms with van der Waals surface area (Å²) in [7, 11) is 0.298. The molecule has 0 aliphatic heterocycles. The number of nitrogens with one attached hydrogen (secondary N) is 1. The first kappa shape index (κ1) is 23.2. The number of carbonyl (C=O) groups excluding carboxylic acids is 2. The van der Waals surface area contributed by atoms with Crippen molar-refractivity contribution in [2.75, 3.05) is 21.2 Å². The van der Waals surface area contributed by atoms with Crippen molar-refractivity contribution in [2.24, 2.45) is 5.92 Å². The maximum atomic E-state index is 12.5. The van der Waals surface area contributed by atoms with E-state index in [4.69, 9.17) is 9.47 Å². The fourth-order valence-corrected chi connectivity index (χ4v) is 4.39. The summed E-state index contributed by atoms with van der Waals surface area (Å²) in [5.41, 5.74) is 0.0249. The molecule has 0 aromatic heterocycles. The summed E-state index contributed by atoms with van der Waals surface area (Å²) in [6, 6.07) is 4.07. The van der Waals surface area contributed by atoms with E-state index in [-0.39, 0.29) is 28.2 Å². The Morgan fingerprint density at radius 1 is 1.21 bits per heavy atom. The van der Waals surface area contributed by atoms with Crippen molar-refractivity contribution in [3.05, 3.63) is 23.8 Å². The van der Waals surface area contributed by atoms with Gasteiger partial charge in [0.15, 0.2) is 6.10 Å². The van der Waals surface area contributed by atoms with Gasteiger partial charge < -0.3 is 14.8 Å². The number of rotatable bonds is 7. The van der Waals surface area contributed by atoms with E-state index in [1.165, 1.54) is 46.3 Å². The van der Waals surface area contributed by atoms with E-state index in [0.29, 0.717) is 5.92 Å². The zero-order valence-electron chi connectivity index (χ0n) is 17.6. The Labute approximate surface area is 172 Å². The lowest BCUT2D eigenvalue weighted by Crippen LogP contribution is -2.46. The number of sulfonamides is 1. The second kappa shape index (κ2) is 9.58. The van der Waals surface area contributed by atoms with Crippen LogP contribution < -0.4 is 10.1 Å². The Bertz CT molecular complexity index is 853. The molecule has 0 radical (unpaired) electrons. The Morgan fingerprint density at radius 2 is 1.86 bits per heavy atom. The third-order valence-corrected chi connectivity index (χ3v) is 7.09. The molecule has 9 heteroatoms. The number of hydrogen-bond donors (Lipinski definition) is 1. The van der Waals surface area contributed by atoms with E-state index in [1.54, 1.807) is 0 Å². The monoisotopic (exact) mass is 426 g/mol. The molecule has 0 unspecified atom stereocenters. The molecule has 162 valence electrons. The quantitative estimate of drug-likeness (QED) is 0.671. The number of ether oxygens (including phenoxy) is 2. The fourth-order valence-electron chi connectivity index (χ4n) is 3.31. The van der Waals surface area contributed by atoms with Crippen molar-refractivity contribution in [3.8, 4) is 5.75 Å². The number of nitrogens with zero attached hydrogens (tertiary/aromatic N) is 1. The molecule has 1 amide bonds. The van der Waals surface area contributed by atoms with Gasteiger partial charge in [-0.1, -0.05) is 19.8 Å². The van der Waals surface area contributed by atoms with Gasteiger partial charge >= 0.3 is 5.97 Å². The average molecular weight is 427 g/mol. The van der Waals surface area contributed by atoms with Gasteiger partial charge in [0, 0.05) is 20.1 Å². The van der Waals surface area contributed by atoms with Crippen LogP contribution in [0, 0.1) is 5.92 Å². The number of hydrogen-bond acceptors (Lipinski definition) is 6. The molecule has 0 saturated heterocycles. The lowest BCUT2D eigenvalue weighted by atomic mass is 9.86. The molecule has 1 saturated carbocycles. The van der Waals surface area contributed by atoms with Crippen molar-refractivity contribution in [1.82, 2.24) is 9.62 Å². The highest BCUT2D eigenvalue weighted by molar-refractivity contribution is 7.89. The molecule has 0 heterocycles. The molecule has 0 spiro atoms. The molecule has 1 aromatic rings. The van der Waals surface area contributed by atoms with Gasteiger partial charge in [-0.05, 0) is 43.9 Å². The molecule has 8 nitrogen and oxygen atoms in total. The van der Waals surface area contributed by atoms with E-state index in [1.807, 2.05) is 0 Å². The van der Waals surface area contributed by atoms with Gasteiger partial charge in [0.1, 0.15) is 10.6 Å². The van der Waals surface area contributed by atoms with Gasteiger partial charge in [-0.25, -0.2) is 17.5 Å². The maximum absolute atomic E-state index is 12.5. The predicted octanol–water partition coefficient (Wildman–Crippen LogP) is 2.19. The van der Waals surface area contributed by atoms with E-state index >= 15 is 0 Å². The molecule has 1 N–H and O–H groups in total. The van der Waals surface area contributed by atoms with Crippen LogP contribution in [-0.4, -0.2) is 58.0 Å². The topological polar surface area (TPSA) is 102 Å². The van der Waals surface area contributed by atoms with Gasteiger partial charge in [0.2, 0.25) is 10.0 Å². The SMILES string of the molecule is COc1ccc(C(=O)O[C@H](C)C(=O)N[C@H]2CCCC[C@H]2C)cc1S(=O)(=O)N(C)C. The Kier molecular flexibility index (Phi) is 7.65. The van der Waals surface area contributed by atoms with Crippen LogP contribution in [0.2, 0.25) is 0 Å². The average Bonchev–Trinajstić information content (AvgIpc) is 2.68. The summed E-state index contributed by atoms with van der Waals surface area (Å²) in [6.45, 7) is 3.60. The second-order valence-electron chi connectivity index (χ2n) is 7.58. The van der Waals surface area contributed by atoms with Gasteiger partial charge in [-0.3, -0.25) is 4.79 Å². The van der Waals surface area contributed by atoms with Crippen LogP contribution in [0.1, 0.15) is 49.9 Å². The first-order chi connectivity index (χ1) is 13.6. The standard InChI is InChI=1S/C20H30N2O6S/c1-13-8-6-7-9-16(13)21-19(23)14(2)28-20(24)15-10-11-17(27-5)18(12-15)29(25,26)22(3)4/h10-14,16H,6-9H2,1-5H3,(H,21,23)/t13-,14-,16+/m1/s1. The molecule has 1 fully saturated rings. The normalized spacial score (nSPS) is 20.8. The van der Waals surface area contributed by atoms with Gasteiger partial charge in [-0.2, -0.15) is 0 Å². The third kappa shape index (κ3) is 5.48. The smallest absolute Gasteiger partial charge is 0.338 e. The highest BCUT2D eigenvalue weighted by Crippen LogP contribution is 2.27. The summed E-state index contributed by atoms with van der Waals surface area (Å²) in [6.07, 6.45) is 3.21.